The van der Waals surface area contributed by atoms with E-state index >= 15 is 0 Å². The van der Waals surface area contributed by atoms with Gasteiger partial charge in [-0.25, -0.2) is 27.9 Å². The monoisotopic (exact) mass is 431 g/mol. The molecule has 0 bridgehead atoms. The highest BCUT2D eigenvalue weighted by atomic mass is 32.2. The summed E-state index contributed by atoms with van der Waals surface area (Å²) in [6.07, 6.45) is 0. The number of hydrogen-bond donors (Lipinski definition) is 0. The van der Waals surface area contributed by atoms with Gasteiger partial charge in [-0.3, -0.25) is 0 Å². The van der Waals surface area contributed by atoms with E-state index in [1.807, 2.05) is 0 Å². The Balaban J connectivity index is 1.85. The first-order chi connectivity index (χ1) is 13.9. The number of carbonyl (C=O) groups is 1. The van der Waals surface area contributed by atoms with Gasteiger partial charge in [-0.15, -0.1) is 0 Å². The van der Waals surface area contributed by atoms with Crippen LogP contribution in [-0.2, 0) is 16.1 Å². The van der Waals surface area contributed by atoms with Crippen molar-refractivity contribution in [3.8, 4) is 18.2 Å². The molecule has 142 valence electrons. The lowest BCUT2D eigenvalue weighted by Crippen LogP contribution is -2.10. The van der Waals surface area contributed by atoms with Gasteiger partial charge in [0.1, 0.15) is 40.7 Å². The molecule has 0 saturated carbocycles. The van der Waals surface area contributed by atoms with Gasteiger partial charge in [-0.1, -0.05) is 23.5 Å². The third-order valence-corrected chi connectivity index (χ3v) is 5.80. The molecule has 0 radical (unpaired) electrons. The minimum atomic E-state index is -1.50. The van der Waals surface area contributed by atoms with E-state index in [0.717, 1.165) is 23.5 Å². The zero-order valence-corrected chi connectivity index (χ0v) is 15.5. The number of ether oxygens (including phenoxy) is 1. The van der Waals surface area contributed by atoms with Gasteiger partial charge >= 0.3 is 5.97 Å². The lowest BCUT2D eigenvalue weighted by atomic mass is 10.2. The number of hydrogen-bond acceptors (Lipinski definition) is 9. The Labute approximate surface area is 169 Å². The first kappa shape index (κ1) is 20.2. The average Bonchev–Trinajstić information content (AvgIpc) is 3.12. The summed E-state index contributed by atoms with van der Waals surface area (Å²) in [4.78, 5) is 20.1. The van der Waals surface area contributed by atoms with Crippen LogP contribution in [0.1, 0.15) is 17.0 Å². The number of benzene rings is 1. The van der Waals surface area contributed by atoms with Crippen molar-refractivity contribution in [2.45, 2.75) is 16.7 Å². The topological polar surface area (TPSA) is 123 Å². The summed E-state index contributed by atoms with van der Waals surface area (Å²) in [6, 6.07) is 6.34. The van der Waals surface area contributed by atoms with Crippen molar-refractivity contribution in [3.63, 3.8) is 0 Å². The highest BCUT2D eigenvalue weighted by molar-refractivity contribution is 8.24. The number of fused-ring (bicyclic) bond motifs is 1. The first-order valence-electron chi connectivity index (χ1n) is 7.41. The van der Waals surface area contributed by atoms with Crippen LogP contribution in [0.25, 0.3) is 0 Å². The molecule has 2 aromatic rings. The summed E-state index contributed by atoms with van der Waals surface area (Å²) in [7, 11) is 0. The molecule has 0 aliphatic carbocycles. The molecule has 0 amide bonds. The fourth-order valence-electron chi connectivity index (χ4n) is 2.08. The van der Waals surface area contributed by atoms with Crippen LogP contribution in [0.5, 0.6) is 0 Å². The second kappa shape index (κ2) is 8.23. The van der Waals surface area contributed by atoms with E-state index in [9.17, 15) is 23.2 Å². The van der Waals surface area contributed by atoms with Crippen molar-refractivity contribution in [1.82, 2.24) is 9.97 Å². The Morgan fingerprint density at radius 1 is 1.00 bits per heavy atom. The van der Waals surface area contributed by atoms with Gasteiger partial charge in [0.05, 0.1) is 9.80 Å². The highest BCUT2D eigenvalue weighted by Gasteiger charge is 2.29. The summed E-state index contributed by atoms with van der Waals surface area (Å²) < 4.78 is 45.4. The van der Waals surface area contributed by atoms with E-state index in [2.05, 4.69) is 9.97 Å². The SMILES string of the molecule is N#CC(C(=O)OCc1c(F)ccc(F)c1F)=C1Sc2nc(C#N)c(C#N)nc2S1. The molecule has 12 heteroatoms. The molecule has 0 spiro atoms. The largest absolute Gasteiger partial charge is 0.456 e. The standard InChI is InChI=1S/C17H4F3N5O2S2/c18-9-1-2-10(19)13(20)8(9)6-27-16(26)7(3-21)17-28-14-15(29-17)25-12(5-23)11(4-22)24-14/h1-2H,6H2. The molecule has 1 aromatic heterocycles. The second-order valence-electron chi connectivity index (χ2n) is 5.13. The summed E-state index contributed by atoms with van der Waals surface area (Å²) in [5.74, 6) is -5.12. The summed E-state index contributed by atoms with van der Waals surface area (Å²) in [6.45, 7) is -0.928. The van der Waals surface area contributed by atoms with Crippen molar-refractivity contribution in [2.24, 2.45) is 0 Å². The molecule has 0 atom stereocenters. The van der Waals surface area contributed by atoms with Gasteiger partial charge in [0.15, 0.2) is 28.6 Å². The molecule has 1 aromatic carbocycles. The number of esters is 1. The second-order valence-corrected chi connectivity index (χ2v) is 7.39. The maximum Gasteiger partial charge on any atom is 0.350 e. The van der Waals surface area contributed by atoms with E-state index in [0.29, 0.717) is 12.1 Å². The normalized spacial score (nSPS) is 11.8. The number of carbonyl (C=O) groups excluding carboxylic acids is 1. The predicted octanol–water partition coefficient (Wildman–Crippen LogP) is 3.31. The average molecular weight is 431 g/mol. The fourth-order valence-corrected chi connectivity index (χ4v) is 4.32. The minimum absolute atomic E-state index is 0.103. The molecule has 2 heterocycles. The molecule has 7 nitrogen and oxygen atoms in total. The Morgan fingerprint density at radius 3 is 2.07 bits per heavy atom. The van der Waals surface area contributed by atoms with Crippen molar-refractivity contribution >= 4 is 29.5 Å². The number of nitriles is 3. The van der Waals surface area contributed by atoms with Gasteiger partial charge in [0.2, 0.25) is 0 Å². The van der Waals surface area contributed by atoms with E-state index in [-0.39, 0.29) is 25.7 Å². The molecule has 0 fully saturated rings. The maximum atomic E-state index is 13.7. The van der Waals surface area contributed by atoms with Crippen LogP contribution in [0.15, 0.2) is 32.0 Å². The lowest BCUT2D eigenvalue weighted by Gasteiger charge is -2.07. The van der Waals surface area contributed by atoms with Crippen molar-refractivity contribution in [2.75, 3.05) is 0 Å². The van der Waals surface area contributed by atoms with Crippen LogP contribution in [-0.4, -0.2) is 15.9 Å². The molecule has 29 heavy (non-hydrogen) atoms. The minimum Gasteiger partial charge on any atom is -0.456 e. The van der Waals surface area contributed by atoms with Crippen LogP contribution in [0, 0.1) is 51.4 Å². The Morgan fingerprint density at radius 2 is 1.55 bits per heavy atom. The van der Waals surface area contributed by atoms with E-state index in [1.54, 1.807) is 18.2 Å². The van der Waals surface area contributed by atoms with E-state index in [4.69, 9.17) is 15.3 Å². The zero-order chi connectivity index (χ0) is 21.1. The van der Waals surface area contributed by atoms with Crippen LogP contribution >= 0.6 is 23.5 Å². The molecule has 1 aliphatic rings. The maximum absolute atomic E-state index is 13.7. The van der Waals surface area contributed by atoms with Crippen LogP contribution in [0.2, 0.25) is 0 Å². The smallest absolute Gasteiger partial charge is 0.350 e. The van der Waals surface area contributed by atoms with Crippen LogP contribution in [0.4, 0.5) is 13.2 Å². The molecule has 3 rings (SSSR count). The fraction of sp³-hybridized carbons (Fsp3) is 0.0588. The molecule has 0 N–H and O–H groups in total. The summed E-state index contributed by atoms with van der Waals surface area (Å²) in [5.41, 5.74) is -1.71. The number of nitrogens with zero attached hydrogens (tertiary/aromatic N) is 5. The highest BCUT2D eigenvalue weighted by Crippen LogP contribution is 2.50. The number of rotatable bonds is 3. The van der Waals surface area contributed by atoms with E-state index in [1.165, 1.54) is 0 Å². The lowest BCUT2D eigenvalue weighted by molar-refractivity contribution is -0.139. The summed E-state index contributed by atoms with van der Waals surface area (Å²) >= 11 is 1.71. The van der Waals surface area contributed by atoms with Gasteiger partial charge in [0.25, 0.3) is 0 Å². The molecule has 1 aliphatic heterocycles. The third-order valence-electron chi connectivity index (χ3n) is 3.43. The van der Waals surface area contributed by atoms with Gasteiger partial charge in [0, 0.05) is 0 Å². The molecule has 0 saturated heterocycles. The van der Waals surface area contributed by atoms with Crippen LogP contribution in [0.3, 0.4) is 0 Å². The Kier molecular flexibility index (Phi) is 5.74. The molecular formula is C17H4F3N5O2S2. The van der Waals surface area contributed by atoms with Crippen molar-refractivity contribution in [3.05, 3.63) is 56.3 Å². The van der Waals surface area contributed by atoms with Gasteiger partial charge in [-0.2, -0.15) is 15.8 Å². The number of halogens is 3. The third kappa shape index (κ3) is 3.87. The molecule has 0 unspecified atom stereocenters. The Bertz CT molecular complexity index is 1170. The van der Waals surface area contributed by atoms with Gasteiger partial charge in [-0.05, 0) is 12.1 Å². The number of aromatic nitrogens is 2. The quantitative estimate of drug-likeness (QED) is 0.311. The Hall–Kier alpha value is -3.53. The van der Waals surface area contributed by atoms with E-state index < -0.39 is 41.2 Å². The van der Waals surface area contributed by atoms with Gasteiger partial charge < -0.3 is 4.74 Å². The van der Waals surface area contributed by atoms with Crippen LogP contribution < -0.4 is 0 Å². The first-order valence-corrected chi connectivity index (χ1v) is 9.04. The zero-order valence-electron chi connectivity index (χ0n) is 13.9. The predicted molar refractivity (Wildman–Crippen MR) is 91.9 cm³/mol. The van der Waals surface area contributed by atoms with Crippen molar-refractivity contribution in [1.29, 1.82) is 15.8 Å². The van der Waals surface area contributed by atoms with Crippen molar-refractivity contribution < 1.29 is 22.7 Å². The summed E-state index contributed by atoms with van der Waals surface area (Å²) in [5, 5.41) is 27.7. The molecular weight excluding hydrogens is 427 g/mol. The number of thioether (sulfide) groups is 2.